The minimum atomic E-state index is -5.08. The van der Waals surface area contributed by atoms with E-state index in [2.05, 4.69) is 21.0 Å². The van der Waals surface area contributed by atoms with E-state index in [-0.39, 0.29) is 25.1 Å². The fraction of sp³-hybridized carbons (Fsp3) is 0.455. The van der Waals surface area contributed by atoms with Gasteiger partial charge in [0.2, 0.25) is 0 Å². The second-order valence-corrected chi connectivity index (χ2v) is 20.7. The molecule has 0 N–H and O–H groups in total. The van der Waals surface area contributed by atoms with Crippen molar-refractivity contribution in [1.29, 1.82) is 0 Å². The summed E-state index contributed by atoms with van der Waals surface area (Å²) in [4.78, 5) is 35.3. The van der Waals surface area contributed by atoms with Gasteiger partial charge in [0.25, 0.3) is 0 Å². The van der Waals surface area contributed by atoms with Gasteiger partial charge in [-0.2, -0.15) is 0 Å². The molecule has 0 unspecified atom stereocenters. The first-order valence-corrected chi connectivity index (χ1v) is 22.1. The van der Waals surface area contributed by atoms with E-state index in [0.29, 0.717) is 29.8 Å². The number of fused-ring (bicyclic) bond motifs is 2. The van der Waals surface area contributed by atoms with Gasteiger partial charge in [0.1, 0.15) is 0 Å². The molecule has 1 saturated heterocycles. The molecule has 0 saturated carbocycles. The zero-order chi connectivity index (χ0) is 33.8. The Morgan fingerprint density at radius 1 is 0.935 bits per heavy atom. The number of hydrogen-bond acceptors (Lipinski definition) is 4. The van der Waals surface area contributed by atoms with Gasteiger partial charge in [0.15, 0.2) is 0 Å². The Kier molecular flexibility index (Phi) is 9.26. The topological polar surface area (TPSA) is 54.8 Å². The normalized spacial score (nSPS) is 19.2. The first-order valence-electron chi connectivity index (χ1n) is 15.0. The summed E-state index contributed by atoms with van der Waals surface area (Å²) >= 11 is -1.71. The fourth-order valence-electron chi connectivity index (χ4n) is 6.15. The summed E-state index contributed by atoms with van der Waals surface area (Å²) in [6.07, 6.45) is -5.14. The molecule has 13 heteroatoms. The van der Waals surface area contributed by atoms with Crippen molar-refractivity contribution in [2.75, 3.05) is 13.1 Å². The van der Waals surface area contributed by atoms with Crippen LogP contribution in [0.1, 0.15) is 60.7 Å². The predicted molar refractivity (Wildman–Crippen MR) is 164 cm³/mol. The zero-order valence-electron chi connectivity index (χ0n) is 26.2. The van der Waals surface area contributed by atoms with Crippen molar-refractivity contribution in [3.8, 4) is 0 Å². The second-order valence-electron chi connectivity index (χ2n) is 13.2. The summed E-state index contributed by atoms with van der Waals surface area (Å²) in [5.41, 5.74) is -3.21. The number of hydrogen-bond donors (Lipinski definition) is 0. The number of carbonyl (C=O) groups is 2. The molecule has 0 spiro atoms. The molecule has 3 heterocycles. The Labute approximate surface area is 270 Å². The van der Waals surface area contributed by atoms with Crippen LogP contribution in [0.4, 0.5) is 31.1 Å². The number of halogens is 6. The van der Waals surface area contributed by atoms with E-state index in [1.165, 1.54) is 13.1 Å². The number of rotatable bonds is 4. The van der Waals surface area contributed by atoms with Crippen LogP contribution in [0, 0.1) is 0 Å². The maximum atomic E-state index is 14.0. The summed E-state index contributed by atoms with van der Waals surface area (Å²) in [5.74, 6) is -0.894. The number of piperazine rings is 1. The van der Waals surface area contributed by atoms with Gasteiger partial charge in [-0.3, -0.25) is 0 Å². The van der Waals surface area contributed by atoms with Crippen LogP contribution in [0.25, 0.3) is 10.9 Å². The fourth-order valence-corrected chi connectivity index (χ4v) is 9.20. The number of aromatic nitrogens is 1. The molecule has 1 amide bonds. The van der Waals surface area contributed by atoms with Crippen LogP contribution in [0.2, 0.25) is 9.88 Å². The number of nitrogens with zero attached hydrogens (tertiary/aromatic N) is 3. The van der Waals surface area contributed by atoms with Crippen LogP contribution in [0.3, 0.4) is 0 Å². The van der Waals surface area contributed by atoms with E-state index < -0.39 is 72.4 Å². The number of alkyl halides is 6. The number of carbonyl (C=O) groups excluding carboxylic acids is 2. The van der Waals surface area contributed by atoms with Crippen LogP contribution < -0.4 is 0 Å². The Hall–Kier alpha value is -3.16. The van der Waals surface area contributed by atoms with E-state index in [4.69, 9.17) is 4.74 Å². The van der Waals surface area contributed by atoms with Crippen molar-refractivity contribution in [3.63, 3.8) is 0 Å². The number of allylic oxidation sites excluding steroid dienone is 1. The van der Waals surface area contributed by atoms with E-state index in [0.717, 1.165) is 18.2 Å². The SMILES string of the molecule is [CH3][Sn+]([CH3])[C]1=CN2C[C@@H](Cc3cn(C(=O)OC(C)(C)C)c4ccccc34)N(C(=O)c3cc(C(F)(F)F)cc(C(F)(F)F)c3)C[C@H]2CC1. The molecule has 2 aliphatic heterocycles. The van der Waals surface area contributed by atoms with Gasteiger partial charge in [0, 0.05) is 0 Å². The Balaban J connectivity index is 1.57. The summed E-state index contributed by atoms with van der Waals surface area (Å²) in [5, 5.41) is 0.730. The molecule has 0 bridgehead atoms. The van der Waals surface area contributed by atoms with Gasteiger partial charge >= 0.3 is 251 Å². The molecule has 1 aromatic heterocycles. The predicted octanol–water partition coefficient (Wildman–Crippen LogP) is 8.17. The molecule has 1 fully saturated rings. The molecule has 2 aliphatic rings. The molecule has 3 aromatic rings. The monoisotopic (exact) mass is 756 g/mol. The van der Waals surface area contributed by atoms with Gasteiger partial charge in [-0.05, 0) is 20.8 Å². The van der Waals surface area contributed by atoms with Crippen LogP contribution in [0.5, 0.6) is 0 Å². The van der Waals surface area contributed by atoms with Crippen molar-refractivity contribution in [2.45, 2.75) is 80.0 Å². The third-order valence-corrected chi connectivity index (χ3v) is 13.1. The van der Waals surface area contributed by atoms with E-state index in [1.807, 2.05) is 6.07 Å². The average molecular weight is 755 g/mol. The van der Waals surface area contributed by atoms with Crippen molar-refractivity contribution in [1.82, 2.24) is 14.4 Å². The third kappa shape index (κ3) is 7.36. The summed E-state index contributed by atoms with van der Waals surface area (Å²) in [7, 11) is 0. The molecule has 6 nitrogen and oxygen atoms in total. The standard InChI is InChI=1S/C31H30F6N3O3.2CH3.Sn/c1-29(2,3)43-28(42)40-16-20(25-9-4-5-10-26(25)40)14-24-17-38-11-7-6-8-23(38)18-39(24)27(41)19-12-21(30(32,33)34)15-22(13-19)31(35,36)37;;;/h4-5,9-13,15-16,23-24H,6,8,14,17-18H2,1-3H3;2*1H3;/q;;;+1/t23-,24-;;;/m1.../s1. The van der Waals surface area contributed by atoms with Crippen molar-refractivity contribution < 1.29 is 40.7 Å². The molecular formula is C33H36F6N3O3Sn+. The van der Waals surface area contributed by atoms with Crippen molar-refractivity contribution >= 4 is 42.7 Å². The van der Waals surface area contributed by atoms with Gasteiger partial charge < -0.3 is 0 Å². The number of para-hydroxylation sites is 1. The van der Waals surface area contributed by atoms with Crippen LogP contribution >= 0.6 is 0 Å². The Morgan fingerprint density at radius 2 is 1.57 bits per heavy atom. The molecular weight excluding hydrogens is 719 g/mol. The van der Waals surface area contributed by atoms with E-state index >= 15 is 0 Å². The first-order chi connectivity index (χ1) is 21.3. The van der Waals surface area contributed by atoms with Gasteiger partial charge in [0.05, 0.1) is 0 Å². The number of amides is 1. The van der Waals surface area contributed by atoms with Gasteiger partial charge in [-0.25, -0.2) is 0 Å². The van der Waals surface area contributed by atoms with E-state index in [9.17, 15) is 35.9 Å². The number of ether oxygens (including phenoxy) is 1. The Morgan fingerprint density at radius 3 is 2.15 bits per heavy atom. The number of benzene rings is 2. The molecule has 46 heavy (non-hydrogen) atoms. The first kappa shape index (κ1) is 34.2. The minimum absolute atomic E-state index is 0.0304. The summed E-state index contributed by atoms with van der Waals surface area (Å²) < 4.78 is 90.7. The summed E-state index contributed by atoms with van der Waals surface area (Å²) in [6, 6.07) is 7.48. The maximum absolute atomic E-state index is 14.0. The van der Waals surface area contributed by atoms with Crippen molar-refractivity contribution in [2.24, 2.45) is 0 Å². The van der Waals surface area contributed by atoms with Crippen LogP contribution in [0.15, 0.2) is 58.5 Å². The third-order valence-electron chi connectivity index (χ3n) is 8.39. The van der Waals surface area contributed by atoms with Gasteiger partial charge in [-0.15, -0.1) is 0 Å². The molecule has 0 aliphatic carbocycles. The van der Waals surface area contributed by atoms with Crippen molar-refractivity contribution in [3.05, 3.63) is 80.7 Å². The molecule has 0 radical (unpaired) electrons. The average Bonchev–Trinajstić information content (AvgIpc) is 3.32. The second kappa shape index (κ2) is 12.5. The molecule has 2 aromatic carbocycles. The quantitative estimate of drug-likeness (QED) is 0.199. The van der Waals surface area contributed by atoms with Crippen LogP contribution in [-0.2, 0) is 23.5 Å². The van der Waals surface area contributed by atoms with Crippen LogP contribution in [-0.4, -0.2) is 76.9 Å². The zero-order valence-corrected chi connectivity index (χ0v) is 29.1. The summed E-state index contributed by atoms with van der Waals surface area (Å²) in [6.45, 7) is 5.73. The Bertz CT molecular complexity index is 1640. The molecule has 246 valence electrons. The molecule has 2 atom stereocenters. The van der Waals surface area contributed by atoms with Gasteiger partial charge in [-0.1, -0.05) is 0 Å². The molecule has 5 rings (SSSR count). The van der Waals surface area contributed by atoms with E-state index in [1.54, 1.807) is 45.2 Å².